The molecule has 0 aliphatic heterocycles. The summed E-state index contributed by atoms with van der Waals surface area (Å²) in [5.74, 6) is 1.06. The summed E-state index contributed by atoms with van der Waals surface area (Å²) in [5, 5.41) is 0. The van der Waals surface area contributed by atoms with Gasteiger partial charge in [-0.2, -0.15) is 0 Å². The molecule has 0 aromatic carbocycles. The maximum absolute atomic E-state index is 9.57. The van der Waals surface area contributed by atoms with Crippen LogP contribution in [0, 0.1) is 0 Å². The lowest BCUT2D eigenvalue weighted by atomic mass is 11.8. The van der Waals surface area contributed by atoms with Gasteiger partial charge < -0.3 is 4.79 Å². The zero-order valence-corrected chi connectivity index (χ0v) is 4.72. The summed E-state index contributed by atoms with van der Waals surface area (Å²) in [4.78, 5) is 9.57. The second-order valence-corrected chi connectivity index (χ2v) is 4.14. The van der Waals surface area contributed by atoms with Crippen LogP contribution in [-0.2, 0) is 4.79 Å². The van der Waals surface area contributed by atoms with Crippen LogP contribution < -0.4 is 0 Å². The summed E-state index contributed by atoms with van der Waals surface area (Å²) in [6.45, 7) is 3.99. The van der Waals surface area contributed by atoms with Gasteiger partial charge in [0.25, 0.3) is 0 Å². The molecule has 0 fully saturated rings. The number of carbonyl (C=O) groups excluding carboxylic acids is 1. The lowest BCUT2D eigenvalue weighted by molar-refractivity contribution is 0.568. The summed E-state index contributed by atoms with van der Waals surface area (Å²) < 4.78 is 0. The second kappa shape index (κ2) is 2.14. The van der Waals surface area contributed by atoms with Crippen molar-refractivity contribution >= 4 is 14.7 Å². The van der Waals surface area contributed by atoms with Gasteiger partial charge in [0.2, 0.25) is 0 Å². The van der Waals surface area contributed by atoms with Crippen molar-refractivity contribution in [2.24, 2.45) is 0 Å². The average molecular weight is 88.2 g/mol. The number of hydrogen-bond donors (Lipinski definition) is 0. The average Bonchev–Trinajstić information content (AvgIpc) is 1.38. The van der Waals surface area contributed by atoms with E-state index in [4.69, 9.17) is 0 Å². The van der Waals surface area contributed by atoms with E-state index >= 15 is 0 Å². The van der Waals surface area contributed by atoms with Gasteiger partial charge in [-0.25, -0.2) is 0 Å². The van der Waals surface area contributed by atoms with Crippen LogP contribution in [0.25, 0.3) is 0 Å². The molecular weight excluding hydrogens is 80.1 g/mol. The molecule has 0 aliphatic carbocycles. The van der Waals surface area contributed by atoms with Crippen LogP contribution in [0.1, 0.15) is 0 Å². The molecule has 1 nitrogen and oxygen atoms in total. The van der Waals surface area contributed by atoms with Crippen molar-refractivity contribution in [2.45, 2.75) is 13.1 Å². The Morgan fingerprint density at radius 1 is 1.60 bits per heavy atom. The summed E-state index contributed by atoms with van der Waals surface area (Å²) in [5.41, 5.74) is 0. The molecule has 0 aromatic rings. The molecule has 0 unspecified atom stereocenters. The van der Waals surface area contributed by atoms with Crippen LogP contribution in [-0.4, -0.2) is 14.7 Å². The van der Waals surface area contributed by atoms with Crippen LogP contribution >= 0.6 is 0 Å². The molecular formula is C3H8OSi. The minimum Gasteiger partial charge on any atom is -0.309 e. The Labute approximate surface area is 33.6 Å². The van der Waals surface area contributed by atoms with E-state index < -0.39 is 8.80 Å². The molecule has 2 heteroatoms. The SMILES string of the molecule is C[SiH](C)C=O. The first kappa shape index (κ1) is 4.89. The first-order valence-electron chi connectivity index (χ1n) is 1.72. The van der Waals surface area contributed by atoms with Gasteiger partial charge in [0.1, 0.15) is 8.80 Å². The molecule has 0 bridgehead atoms. The van der Waals surface area contributed by atoms with E-state index in [1.54, 1.807) is 0 Å². The predicted molar refractivity (Wildman–Crippen MR) is 25.6 cm³/mol. The number of carbonyl (C=O) groups is 1. The quantitative estimate of drug-likeness (QED) is 0.331. The van der Waals surface area contributed by atoms with Crippen molar-refractivity contribution in [1.29, 1.82) is 0 Å². The third kappa shape index (κ3) is 3.89. The molecule has 0 aliphatic rings. The van der Waals surface area contributed by atoms with Gasteiger partial charge in [-0.05, 0) is 0 Å². The van der Waals surface area contributed by atoms with Gasteiger partial charge in [0, 0.05) is 0 Å². The van der Waals surface area contributed by atoms with Gasteiger partial charge in [0.15, 0.2) is 0 Å². The molecule has 0 spiro atoms. The Balaban J connectivity index is 2.83. The molecule has 0 heterocycles. The van der Waals surface area contributed by atoms with Crippen molar-refractivity contribution in [2.75, 3.05) is 0 Å². The molecule has 0 amide bonds. The molecule has 0 N–H and O–H groups in total. The van der Waals surface area contributed by atoms with Crippen LogP contribution in [0.4, 0.5) is 0 Å². The zero-order chi connectivity index (χ0) is 4.28. The van der Waals surface area contributed by atoms with Crippen LogP contribution in [0.2, 0.25) is 13.1 Å². The highest BCUT2D eigenvalue weighted by Crippen LogP contribution is 1.64. The lowest BCUT2D eigenvalue weighted by Gasteiger charge is -1.75. The largest absolute Gasteiger partial charge is 0.309 e. The monoisotopic (exact) mass is 88.0 g/mol. The highest BCUT2D eigenvalue weighted by atomic mass is 28.3. The minimum atomic E-state index is -0.830. The Morgan fingerprint density at radius 2 is 1.80 bits per heavy atom. The highest BCUT2D eigenvalue weighted by Gasteiger charge is 1.83. The predicted octanol–water partition coefficient (Wildman–Crippen LogP) is 0.245. The summed E-state index contributed by atoms with van der Waals surface area (Å²) in [6, 6.07) is 0. The van der Waals surface area contributed by atoms with Crippen LogP contribution in [0.3, 0.4) is 0 Å². The molecule has 0 saturated carbocycles. The van der Waals surface area contributed by atoms with E-state index in [0.717, 1.165) is 5.91 Å². The summed E-state index contributed by atoms with van der Waals surface area (Å²) in [7, 11) is -0.830. The zero-order valence-electron chi connectivity index (χ0n) is 3.56. The third-order valence-corrected chi connectivity index (χ3v) is 0.816. The van der Waals surface area contributed by atoms with Gasteiger partial charge in [0.05, 0.1) is 5.91 Å². The number of hydrogen-bond acceptors (Lipinski definition) is 1. The van der Waals surface area contributed by atoms with Crippen molar-refractivity contribution < 1.29 is 4.79 Å². The molecule has 0 saturated heterocycles. The van der Waals surface area contributed by atoms with Crippen molar-refractivity contribution in [3.8, 4) is 0 Å². The minimum absolute atomic E-state index is 0.830. The Bertz CT molecular complexity index is 33.9. The number of rotatable bonds is 1. The Hall–Kier alpha value is -0.113. The lowest BCUT2D eigenvalue weighted by Crippen LogP contribution is -1.98. The smallest absolute Gasteiger partial charge is 0.106 e. The molecule has 30 valence electrons. The maximum atomic E-state index is 9.57. The van der Waals surface area contributed by atoms with Gasteiger partial charge in [-0.3, -0.25) is 0 Å². The fraction of sp³-hybridized carbons (Fsp3) is 0.667. The van der Waals surface area contributed by atoms with Crippen molar-refractivity contribution in [3.63, 3.8) is 0 Å². The highest BCUT2D eigenvalue weighted by molar-refractivity contribution is 6.82. The topological polar surface area (TPSA) is 17.1 Å². The van der Waals surface area contributed by atoms with Gasteiger partial charge >= 0.3 is 0 Å². The molecule has 0 rings (SSSR count). The standard InChI is InChI=1S/C3H8OSi/c1-5(2)3-4/h3,5H,1-2H3. The molecule has 0 atom stereocenters. The molecule has 5 heavy (non-hydrogen) atoms. The van der Waals surface area contributed by atoms with Gasteiger partial charge in [-0.15, -0.1) is 0 Å². The van der Waals surface area contributed by atoms with E-state index in [-0.39, 0.29) is 0 Å². The first-order valence-corrected chi connectivity index (χ1v) is 4.70. The second-order valence-electron chi connectivity index (χ2n) is 1.38. The van der Waals surface area contributed by atoms with E-state index in [0.29, 0.717) is 0 Å². The fourth-order valence-electron chi connectivity index (χ4n) is 0. The van der Waals surface area contributed by atoms with Crippen molar-refractivity contribution in [1.82, 2.24) is 0 Å². The molecule has 0 aromatic heterocycles. The van der Waals surface area contributed by atoms with E-state index in [1.807, 2.05) is 13.1 Å². The first-order chi connectivity index (χ1) is 2.27. The van der Waals surface area contributed by atoms with Gasteiger partial charge in [-0.1, -0.05) is 13.1 Å². The third-order valence-electron chi connectivity index (χ3n) is 0.272. The maximum Gasteiger partial charge on any atom is 0.106 e. The summed E-state index contributed by atoms with van der Waals surface area (Å²) in [6.07, 6.45) is 0. The Morgan fingerprint density at radius 3 is 1.80 bits per heavy atom. The van der Waals surface area contributed by atoms with E-state index in [2.05, 4.69) is 0 Å². The molecule has 0 radical (unpaired) electrons. The van der Waals surface area contributed by atoms with Crippen LogP contribution in [0.5, 0.6) is 0 Å². The van der Waals surface area contributed by atoms with Crippen molar-refractivity contribution in [3.05, 3.63) is 0 Å². The normalized spacial score (nSPS) is 8.60. The van der Waals surface area contributed by atoms with E-state index in [1.165, 1.54) is 0 Å². The summed E-state index contributed by atoms with van der Waals surface area (Å²) >= 11 is 0. The van der Waals surface area contributed by atoms with Crippen LogP contribution in [0.15, 0.2) is 0 Å². The Kier molecular flexibility index (Phi) is 2.10. The van der Waals surface area contributed by atoms with E-state index in [9.17, 15) is 4.79 Å². The fourth-order valence-corrected chi connectivity index (χ4v) is 0.